The summed E-state index contributed by atoms with van der Waals surface area (Å²) in [5.41, 5.74) is -0.783. The van der Waals surface area contributed by atoms with Gasteiger partial charge < -0.3 is 15.4 Å². The highest BCUT2D eigenvalue weighted by molar-refractivity contribution is 5.90. The number of anilines is 1. The number of amides is 2. The number of rotatable bonds is 3. The van der Waals surface area contributed by atoms with Crippen molar-refractivity contribution in [3.63, 3.8) is 0 Å². The van der Waals surface area contributed by atoms with Crippen molar-refractivity contribution in [1.29, 1.82) is 5.26 Å². The van der Waals surface area contributed by atoms with Gasteiger partial charge >= 0.3 is 12.4 Å². The normalized spacial score (nSPS) is 11.4. The standard InChI is InChI=1S/C12H12F3N3O2/c1-11(2,7-16)18-10(19)17-8-3-5-9(6-4-8)20-12(13,14)15/h3-6H,1-2H3,(H2,17,18,19). The minimum atomic E-state index is -4.76. The molecule has 0 heterocycles. The molecule has 0 spiro atoms. The summed E-state index contributed by atoms with van der Waals surface area (Å²) in [5, 5.41) is 13.5. The van der Waals surface area contributed by atoms with Gasteiger partial charge in [0, 0.05) is 5.69 Å². The highest BCUT2D eigenvalue weighted by Gasteiger charge is 2.31. The summed E-state index contributed by atoms with van der Waals surface area (Å²) in [6.07, 6.45) is -4.76. The number of ether oxygens (including phenoxy) is 1. The highest BCUT2D eigenvalue weighted by atomic mass is 19.4. The molecule has 1 rings (SSSR count). The topological polar surface area (TPSA) is 74.2 Å². The van der Waals surface area contributed by atoms with Gasteiger partial charge in [0.15, 0.2) is 0 Å². The van der Waals surface area contributed by atoms with E-state index in [4.69, 9.17) is 5.26 Å². The van der Waals surface area contributed by atoms with Gasteiger partial charge in [-0.25, -0.2) is 4.79 Å². The Morgan fingerprint density at radius 1 is 1.25 bits per heavy atom. The molecule has 20 heavy (non-hydrogen) atoms. The zero-order valence-electron chi connectivity index (χ0n) is 10.7. The van der Waals surface area contributed by atoms with Crippen LogP contribution in [0.15, 0.2) is 24.3 Å². The molecular weight excluding hydrogens is 275 g/mol. The van der Waals surface area contributed by atoms with Crippen molar-refractivity contribution >= 4 is 11.7 Å². The maximum atomic E-state index is 11.9. The molecule has 0 aliphatic heterocycles. The summed E-state index contributed by atoms with van der Waals surface area (Å²) in [7, 11) is 0. The number of benzene rings is 1. The quantitative estimate of drug-likeness (QED) is 0.897. The maximum absolute atomic E-state index is 11.9. The molecule has 0 bridgehead atoms. The van der Waals surface area contributed by atoms with Crippen molar-refractivity contribution < 1.29 is 22.7 Å². The largest absolute Gasteiger partial charge is 0.573 e. The lowest BCUT2D eigenvalue weighted by Gasteiger charge is -2.18. The van der Waals surface area contributed by atoms with E-state index in [0.717, 1.165) is 12.1 Å². The van der Waals surface area contributed by atoms with E-state index in [0.29, 0.717) is 0 Å². The molecule has 2 amide bonds. The minimum Gasteiger partial charge on any atom is -0.406 e. The lowest BCUT2D eigenvalue weighted by molar-refractivity contribution is -0.274. The van der Waals surface area contributed by atoms with E-state index in [1.54, 1.807) is 0 Å². The number of nitrogens with zero attached hydrogens (tertiary/aromatic N) is 1. The molecular formula is C12H12F3N3O2. The molecule has 0 aromatic heterocycles. The van der Waals surface area contributed by atoms with Gasteiger partial charge in [-0.15, -0.1) is 13.2 Å². The number of hydrogen-bond donors (Lipinski definition) is 2. The fourth-order valence-electron chi connectivity index (χ4n) is 1.21. The fraction of sp³-hybridized carbons (Fsp3) is 0.333. The number of alkyl halides is 3. The highest BCUT2D eigenvalue weighted by Crippen LogP contribution is 2.23. The summed E-state index contributed by atoms with van der Waals surface area (Å²) >= 11 is 0. The molecule has 8 heteroatoms. The fourth-order valence-corrected chi connectivity index (χ4v) is 1.21. The lowest BCUT2D eigenvalue weighted by atomic mass is 10.1. The Morgan fingerprint density at radius 2 is 1.80 bits per heavy atom. The van der Waals surface area contributed by atoms with Gasteiger partial charge in [0.1, 0.15) is 11.3 Å². The third-order valence-electron chi connectivity index (χ3n) is 2.05. The van der Waals surface area contributed by atoms with E-state index in [2.05, 4.69) is 15.4 Å². The number of hydrogen-bond acceptors (Lipinski definition) is 3. The van der Waals surface area contributed by atoms with Crippen LogP contribution in [-0.4, -0.2) is 17.9 Å². The van der Waals surface area contributed by atoms with Crippen LogP contribution in [0.4, 0.5) is 23.7 Å². The Labute approximate surface area is 113 Å². The summed E-state index contributed by atoms with van der Waals surface area (Å²) < 4.78 is 39.5. The molecule has 0 aliphatic carbocycles. The van der Waals surface area contributed by atoms with Crippen molar-refractivity contribution in [3.05, 3.63) is 24.3 Å². The molecule has 2 N–H and O–H groups in total. The zero-order valence-corrected chi connectivity index (χ0v) is 10.7. The lowest BCUT2D eigenvalue weighted by Crippen LogP contribution is -2.44. The van der Waals surface area contributed by atoms with Crippen LogP contribution in [0.25, 0.3) is 0 Å². The summed E-state index contributed by atoms with van der Waals surface area (Å²) in [6, 6.07) is 5.87. The van der Waals surface area contributed by atoms with Crippen molar-refractivity contribution in [1.82, 2.24) is 5.32 Å². The molecule has 0 saturated heterocycles. The molecule has 0 radical (unpaired) electrons. The number of carbonyl (C=O) groups excluding carboxylic acids is 1. The summed E-state index contributed by atoms with van der Waals surface area (Å²) in [5.74, 6) is -0.388. The Hall–Kier alpha value is -2.43. The molecule has 0 unspecified atom stereocenters. The van der Waals surface area contributed by atoms with Crippen LogP contribution in [-0.2, 0) is 0 Å². The Bertz CT molecular complexity index is 518. The number of halogens is 3. The summed E-state index contributed by atoms with van der Waals surface area (Å²) in [6.45, 7) is 3.01. The maximum Gasteiger partial charge on any atom is 0.573 e. The van der Waals surface area contributed by atoms with Gasteiger partial charge in [-0.3, -0.25) is 0 Å². The minimum absolute atomic E-state index is 0.269. The third kappa shape index (κ3) is 5.48. The Kier molecular flexibility index (Phi) is 4.45. The first-order valence-corrected chi connectivity index (χ1v) is 5.47. The predicted molar refractivity (Wildman–Crippen MR) is 65.0 cm³/mol. The van der Waals surface area contributed by atoms with E-state index in [1.165, 1.54) is 26.0 Å². The molecule has 108 valence electrons. The van der Waals surface area contributed by atoms with Crippen LogP contribution >= 0.6 is 0 Å². The summed E-state index contributed by atoms with van der Waals surface area (Å²) in [4.78, 5) is 11.5. The van der Waals surface area contributed by atoms with Crippen molar-refractivity contribution in [2.75, 3.05) is 5.32 Å². The molecule has 0 saturated carbocycles. The van der Waals surface area contributed by atoms with Crippen LogP contribution < -0.4 is 15.4 Å². The number of nitrogens with one attached hydrogen (secondary N) is 2. The third-order valence-corrected chi connectivity index (χ3v) is 2.05. The smallest absolute Gasteiger partial charge is 0.406 e. The monoisotopic (exact) mass is 287 g/mol. The van der Waals surface area contributed by atoms with E-state index < -0.39 is 17.9 Å². The van der Waals surface area contributed by atoms with Gasteiger partial charge in [-0.2, -0.15) is 5.26 Å². The van der Waals surface area contributed by atoms with Crippen LogP contribution in [0, 0.1) is 11.3 Å². The van der Waals surface area contributed by atoms with Crippen LogP contribution in [0.5, 0.6) is 5.75 Å². The molecule has 5 nitrogen and oxygen atoms in total. The van der Waals surface area contributed by atoms with Crippen LogP contribution in [0.2, 0.25) is 0 Å². The second-order valence-electron chi connectivity index (χ2n) is 4.39. The van der Waals surface area contributed by atoms with Crippen LogP contribution in [0.1, 0.15) is 13.8 Å². The van der Waals surface area contributed by atoms with Gasteiger partial charge in [0.2, 0.25) is 0 Å². The number of carbonyl (C=O) groups is 1. The second kappa shape index (κ2) is 5.69. The predicted octanol–water partition coefficient (Wildman–Crippen LogP) is 3.01. The van der Waals surface area contributed by atoms with E-state index in [1.807, 2.05) is 6.07 Å². The first-order chi connectivity index (χ1) is 9.11. The van der Waals surface area contributed by atoms with Gasteiger partial charge in [0.25, 0.3) is 0 Å². The van der Waals surface area contributed by atoms with E-state index in [-0.39, 0.29) is 11.4 Å². The molecule has 0 atom stereocenters. The molecule has 1 aromatic carbocycles. The SMILES string of the molecule is CC(C)(C#N)NC(=O)Nc1ccc(OC(F)(F)F)cc1. The Balaban J connectivity index is 2.62. The van der Waals surface area contributed by atoms with Crippen molar-refractivity contribution in [2.24, 2.45) is 0 Å². The van der Waals surface area contributed by atoms with Crippen molar-refractivity contribution in [2.45, 2.75) is 25.7 Å². The van der Waals surface area contributed by atoms with Gasteiger partial charge in [-0.05, 0) is 38.1 Å². The van der Waals surface area contributed by atoms with E-state index >= 15 is 0 Å². The average Bonchev–Trinajstić information content (AvgIpc) is 2.29. The van der Waals surface area contributed by atoms with Gasteiger partial charge in [0.05, 0.1) is 6.07 Å². The Morgan fingerprint density at radius 3 is 2.25 bits per heavy atom. The first-order valence-electron chi connectivity index (χ1n) is 5.47. The molecule has 0 aliphatic rings. The van der Waals surface area contributed by atoms with Gasteiger partial charge in [-0.1, -0.05) is 0 Å². The number of nitriles is 1. The zero-order chi connectivity index (χ0) is 15.4. The van der Waals surface area contributed by atoms with Crippen molar-refractivity contribution in [3.8, 4) is 11.8 Å². The molecule has 1 aromatic rings. The van der Waals surface area contributed by atoms with Crippen LogP contribution in [0.3, 0.4) is 0 Å². The number of urea groups is 1. The first kappa shape index (κ1) is 15.6. The second-order valence-corrected chi connectivity index (χ2v) is 4.39. The van der Waals surface area contributed by atoms with E-state index in [9.17, 15) is 18.0 Å². The molecule has 0 fully saturated rings. The average molecular weight is 287 g/mol.